The van der Waals surface area contributed by atoms with Crippen molar-refractivity contribution in [3.05, 3.63) is 35.9 Å². The Hall–Kier alpha value is -1.35. The van der Waals surface area contributed by atoms with Crippen LogP contribution in [0.5, 0.6) is 0 Å². The summed E-state index contributed by atoms with van der Waals surface area (Å²) in [7, 11) is 0. The Morgan fingerprint density at radius 3 is 2.44 bits per heavy atom. The number of piperidine rings is 1. The molecule has 1 amide bonds. The van der Waals surface area contributed by atoms with Crippen molar-refractivity contribution in [3.63, 3.8) is 0 Å². The van der Waals surface area contributed by atoms with Gasteiger partial charge >= 0.3 is 0 Å². The van der Waals surface area contributed by atoms with Crippen molar-refractivity contribution in [2.45, 2.75) is 18.9 Å². The maximum atomic E-state index is 11.9. The molecule has 0 radical (unpaired) electrons. The molecule has 3 nitrogen and oxygen atoms in total. The van der Waals surface area contributed by atoms with Gasteiger partial charge < -0.3 is 10.6 Å². The number of rotatable bonds is 1. The molecule has 0 unspecified atom stereocenters. The molecule has 2 saturated heterocycles. The molecular formula is C13H16N2O. The van der Waals surface area contributed by atoms with Crippen LogP contribution in [0, 0.1) is 5.41 Å². The summed E-state index contributed by atoms with van der Waals surface area (Å²) >= 11 is 0. The highest BCUT2D eigenvalue weighted by atomic mass is 16.2. The lowest BCUT2D eigenvalue weighted by Gasteiger charge is -2.51. The van der Waals surface area contributed by atoms with Gasteiger partial charge in [0.1, 0.15) is 0 Å². The third-order valence-corrected chi connectivity index (χ3v) is 3.91. The molecule has 0 bridgehead atoms. The topological polar surface area (TPSA) is 41.1 Å². The number of β-lactam (4-membered cyclic amide) rings is 1. The SMILES string of the molecule is O=C1N[C@@H](c2ccccc2)C12CCNCC2. The molecule has 1 aromatic rings. The molecule has 1 aromatic carbocycles. The number of carbonyl (C=O) groups excluding carboxylic acids is 1. The predicted molar refractivity (Wildman–Crippen MR) is 61.9 cm³/mol. The van der Waals surface area contributed by atoms with Crippen molar-refractivity contribution in [2.75, 3.05) is 13.1 Å². The van der Waals surface area contributed by atoms with Crippen LogP contribution in [0.25, 0.3) is 0 Å². The Labute approximate surface area is 95.2 Å². The normalized spacial score (nSPS) is 27.2. The zero-order chi connectivity index (χ0) is 11.0. The summed E-state index contributed by atoms with van der Waals surface area (Å²) in [5.41, 5.74) is 1.11. The van der Waals surface area contributed by atoms with Crippen molar-refractivity contribution in [1.82, 2.24) is 10.6 Å². The van der Waals surface area contributed by atoms with Crippen LogP contribution in [0.3, 0.4) is 0 Å². The van der Waals surface area contributed by atoms with Crippen LogP contribution in [0.15, 0.2) is 30.3 Å². The van der Waals surface area contributed by atoms with Gasteiger partial charge in [-0.15, -0.1) is 0 Å². The van der Waals surface area contributed by atoms with E-state index in [0.717, 1.165) is 25.9 Å². The second kappa shape index (κ2) is 3.59. The highest BCUT2D eigenvalue weighted by Crippen LogP contribution is 2.48. The van der Waals surface area contributed by atoms with Crippen LogP contribution in [-0.2, 0) is 4.79 Å². The fourth-order valence-corrected chi connectivity index (χ4v) is 2.90. The van der Waals surface area contributed by atoms with Gasteiger partial charge in [-0.2, -0.15) is 0 Å². The minimum absolute atomic E-state index is 0.132. The van der Waals surface area contributed by atoms with Gasteiger partial charge in [0.25, 0.3) is 0 Å². The van der Waals surface area contributed by atoms with E-state index in [0.29, 0.717) is 0 Å². The van der Waals surface area contributed by atoms with Gasteiger partial charge in [-0.3, -0.25) is 4.79 Å². The fraction of sp³-hybridized carbons (Fsp3) is 0.462. The molecule has 1 atom stereocenters. The lowest BCUT2D eigenvalue weighted by molar-refractivity contribution is -0.149. The summed E-state index contributed by atoms with van der Waals surface area (Å²) in [5, 5.41) is 6.37. The van der Waals surface area contributed by atoms with Crippen molar-refractivity contribution in [2.24, 2.45) is 5.41 Å². The molecule has 84 valence electrons. The molecule has 3 heteroatoms. The molecule has 2 aliphatic heterocycles. The highest BCUT2D eigenvalue weighted by molar-refractivity contribution is 5.90. The Morgan fingerprint density at radius 2 is 1.81 bits per heavy atom. The standard InChI is InChI=1S/C13H16N2O/c16-12-13(6-8-14-9-7-13)11(15-12)10-4-2-1-3-5-10/h1-5,11,14H,6-9H2,(H,15,16)/t11-/m0/s1. The van der Waals surface area contributed by atoms with Crippen LogP contribution in [0.4, 0.5) is 0 Å². The molecule has 0 aromatic heterocycles. The molecular weight excluding hydrogens is 200 g/mol. The van der Waals surface area contributed by atoms with E-state index in [4.69, 9.17) is 0 Å². The van der Waals surface area contributed by atoms with Gasteiger partial charge in [-0.25, -0.2) is 0 Å². The molecule has 3 rings (SSSR count). The summed E-state index contributed by atoms with van der Waals surface area (Å²) in [6.45, 7) is 1.91. The van der Waals surface area contributed by atoms with E-state index in [2.05, 4.69) is 22.8 Å². The first-order valence-corrected chi connectivity index (χ1v) is 5.90. The smallest absolute Gasteiger partial charge is 0.229 e. The Kier molecular flexibility index (Phi) is 2.21. The second-order valence-corrected chi connectivity index (χ2v) is 4.72. The summed E-state index contributed by atoms with van der Waals surface area (Å²) in [5.74, 6) is 0.239. The molecule has 0 aliphatic carbocycles. The van der Waals surface area contributed by atoms with Crippen molar-refractivity contribution in [1.29, 1.82) is 0 Å². The van der Waals surface area contributed by atoms with Crippen molar-refractivity contribution in [3.8, 4) is 0 Å². The number of benzene rings is 1. The van der Waals surface area contributed by atoms with Crippen LogP contribution < -0.4 is 10.6 Å². The lowest BCUT2D eigenvalue weighted by atomic mass is 9.64. The first-order chi connectivity index (χ1) is 7.83. The molecule has 2 N–H and O–H groups in total. The average Bonchev–Trinajstić information content (AvgIpc) is 2.38. The quantitative estimate of drug-likeness (QED) is 0.693. The maximum Gasteiger partial charge on any atom is 0.229 e. The van der Waals surface area contributed by atoms with E-state index < -0.39 is 0 Å². The Morgan fingerprint density at radius 1 is 1.12 bits per heavy atom. The molecule has 2 fully saturated rings. The van der Waals surface area contributed by atoms with Gasteiger partial charge in [-0.1, -0.05) is 30.3 Å². The van der Waals surface area contributed by atoms with E-state index >= 15 is 0 Å². The number of nitrogens with one attached hydrogen (secondary N) is 2. The Bertz CT molecular complexity index is 396. The monoisotopic (exact) mass is 216 g/mol. The molecule has 16 heavy (non-hydrogen) atoms. The lowest BCUT2D eigenvalue weighted by Crippen LogP contribution is -2.64. The van der Waals surface area contributed by atoms with E-state index in [1.807, 2.05) is 18.2 Å². The minimum Gasteiger partial charge on any atom is -0.348 e. The molecule has 2 aliphatic rings. The third-order valence-electron chi connectivity index (χ3n) is 3.91. The molecule has 2 heterocycles. The Balaban J connectivity index is 1.90. The zero-order valence-electron chi connectivity index (χ0n) is 9.20. The zero-order valence-corrected chi connectivity index (χ0v) is 9.20. The predicted octanol–water partition coefficient (Wildman–Crippen LogP) is 1.23. The maximum absolute atomic E-state index is 11.9. The summed E-state index contributed by atoms with van der Waals surface area (Å²) in [4.78, 5) is 11.9. The van der Waals surface area contributed by atoms with Crippen LogP contribution >= 0.6 is 0 Å². The van der Waals surface area contributed by atoms with Gasteiger partial charge in [0.15, 0.2) is 0 Å². The van der Waals surface area contributed by atoms with Gasteiger partial charge in [0.2, 0.25) is 5.91 Å². The first kappa shape index (κ1) is 9.85. The summed E-state index contributed by atoms with van der Waals surface area (Å²) < 4.78 is 0. The van der Waals surface area contributed by atoms with E-state index in [1.54, 1.807) is 0 Å². The van der Waals surface area contributed by atoms with Gasteiger partial charge in [0.05, 0.1) is 11.5 Å². The first-order valence-electron chi connectivity index (χ1n) is 5.90. The highest BCUT2D eigenvalue weighted by Gasteiger charge is 2.55. The van der Waals surface area contributed by atoms with E-state index in [1.165, 1.54) is 5.56 Å². The summed E-state index contributed by atoms with van der Waals surface area (Å²) in [6.07, 6.45) is 1.91. The largest absolute Gasteiger partial charge is 0.348 e. The average molecular weight is 216 g/mol. The van der Waals surface area contributed by atoms with Crippen molar-refractivity contribution < 1.29 is 4.79 Å². The van der Waals surface area contributed by atoms with Gasteiger partial charge in [-0.05, 0) is 31.5 Å². The van der Waals surface area contributed by atoms with E-state index in [-0.39, 0.29) is 17.4 Å². The van der Waals surface area contributed by atoms with Crippen LogP contribution in [-0.4, -0.2) is 19.0 Å². The van der Waals surface area contributed by atoms with E-state index in [9.17, 15) is 4.79 Å². The fourth-order valence-electron chi connectivity index (χ4n) is 2.90. The summed E-state index contributed by atoms with van der Waals surface area (Å²) in [6, 6.07) is 10.5. The van der Waals surface area contributed by atoms with Crippen LogP contribution in [0.1, 0.15) is 24.4 Å². The number of hydrogen-bond acceptors (Lipinski definition) is 2. The van der Waals surface area contributed by atoms with Gasteiger partial charge in [0, 0.05) is 0 Å². The van der Waals surface area contributed by atoms with Crippen molar-refractivity contribution >= 4 is 5.91 Å². The minimum atomic E-state index is -0.132. The number of hydrogen-bond donors (Lipinski definition) is 2. The number of amides is 1. The molecule has 1 spiro atoms. The number of carbonyl (C=O) groups is 1. The van der Waals surface area contributed by atoms with Crippen LogP contribution in [0.2, 0.25) is 0 Å². The second-order valence-electron chi connectivity index (χ2n) is 4.72. The third kappa shape index (κ3) is 1.28. The molecule has 0 saturated carbocycles.